The Kier molecular flexibility index (Phi) is 6.70. The second-order valence-corrected chi connectivity index (χ2v) is 11.1. The van der Waals surface area contributed by atoms with Crippen LogP contribution in [0.1, 0.15) is 65.0 Å². The molecule has 1 aliphatic carbocycles. The molecule has 3 aromatic carbocycles. The molecule has 1 heterocycles. The van der Waals surface area contributed by atoms with E-state index < -0.39 is 0 Å². The van der Waals surface area contributed by atoms with E-state index in [9.17, 15) is 9.59 Å². The molecule has 5 heteroatoms. The first-order valence-corrected chi connectivity index (χ1v) is 13.3. The van der Waals surface area contributed by atoms with Crippen LogP contribution < -0.4 is 10.2 Å². The van der Waals surface area contributed by atoms with E-state index in [2.05, 4.69) is 50.4 Å². The fourth-order valence-electron chi connectivity index (χ4n) is 5.13. The van der Waals surface area contributed by atoms with Gasteiger partial charge in [-0.1, -0.05) is 80.4 Å². The zero-order valence-electron chi connectivity index (χ0n) is 20.6. The van der Waals surface area contributed by atoms with Crippen molar-refractivity contribution < 1.29 is 9.59 Å². The van der Waals surface area contributed by atoms with E-state index >= 15 is 0 Å². The number of hydrogen-bond acceptors (Lipinski definition) is 3. The Balaban J connectivity index is 1.50. The number of rotatable bonds is 4. The second-order valence-electron chi connectivity index (χ2n) is 10.0. The first kappa shape index (κ1) is 23.7. The Morgan fingerprint density at radius 1 is 1.00 bits per heavy atom. The van der Waals surface area contributed by atoms with Gasteiger partial charge in [0.1, 0.15) is 0 Å². The van der Waals surface area contributed by atoms with Gasteiger partial charge >= 0.3 is 0 Å². The van der Waals surface area contributed by atoms with Crippen LogP contribution in [0.25, 0.3) is 0 Å². The number of carbonyl (C=O) groups is 2. The van der Waals surface area contributed by atoms with Gasteiger partial charge < -0.3 is 10.2 Å². The van der Waals surface area contributed by atoms with Crippen molar-refractivity contribution in [1.82, 2.24) is 5.32 Å². The highest BCUT2D eigenvalue weighted by atomic mass is 32.2. The van der Waals surface area contributed by atoms with Crippen LogP contribution in [0.5, 0.6) is 0 Å². The van der Waals surface area contributed by atoms with Crippen molar-refractivity contribution in [3.8, 4) is 0 Å². The molecule has 3 aromatic rings. The number of aryl methyl sites for hydroxylation is 1. The summed E-state index contributed by atoms with van der Waals surface area (Å²) in [5.74, 6) is 0.963. The van der Waals surface area contributed by atoms with E-state index in [4.69, 9.17) is 0 Å². The smallest absolute Gasteiger partial charge is 0.259 e. The van der Waals surface area contributed by atoms with Gasteiger partial charge in [-0.2, -0.15) is 0 Å². The maximum absolute atomic E-state index is 13.8. The summed E-state index contributed by atoms with van der Waals surface area (Å²) < 4.78 is 0. The van der Waals surface area contributed by atoms with Crippen LogP contribution in [0.15, 0.2) is 76.5 Å². The number of fused-ring (bicyclic) bond motifs is 2. The minimum Gasteiger partial charge on any atom is -0.349 e. The molecule has 3 atom stereocenters. The molecule has 0 aromatic heterocycles. The van der Waals surface area contributed by atoms with Crippen molar-refractivity contribution in [2.24, 2.45) is 11.8 Å². The minimum atomic E-state index is -0.0618. The molecule has 0 saturated heterocycles. The largest absolute Gasteiger partial charge is 0.349 e. The third-order valence-electron chi connectivity index (χ3n) is 7.58. The van der Waals surface area contributed by atoms with Gasteiger partial charge in [0.2, 0.25) is 0 Å². The molecule has 1 aliphatic heterocycles. The van der Waals surface area contributed by atoms with Crippen LogP contribution in [0.4, 0.5) is 5.69 Å². The number of anilines is 1. The molecular weight excluding hydrogens is 452 g/mol. The average Bonchev–Trinajstić information content (AvgIpc) is 2.97. The molecule has 3 unspecified atom stereocenters. The summed E-state index contributed by atoms with van der Waals surface area (Å²) >= 11 is 1.59. The summed E-state index contributed by atoms with van der Waals surface area (Å²) in [6, 6.07) is 22.0. The summed E-state index contributed by atoms with van der Waals surface area (Å²) in [4.78, 5) is 30.8. The first-order valence-electron chi connectivity index (χ1n) is 12.5. The normalized spacial score (nSPS) is 21.6. The van der Waals surface area contributed by atoms with Gasteiger partial charge in [-0.15, -0.1) is 0 Å². The summed E-state index contributed by atoms with van der Waals surface area (Å²) in [5.41, 5.74) is 4.32. The number of nitrogens with zero attached hydrogens (tertiary/aromatic N) is 1. The van der Waals surface area contributed by atoms with Crippen LogP contribution in [0, 0.1) is 18.8 Å². The SMILES string of the molecule is Cc1ccc(CN2C(=O)c3ccccc3Sc3ccc(C(=O)NC4CCCC(C)C4C)cc32)cc1. The van der Waals surface area contributed by atoms with Gasteiger partial charge in [0.05, 0.1) is 17.8 Å². The lowest BCUT2D eigenvalue weighted by atomic mass is 9.78. The molecule has 4 nitrogen and oxygen atoms in total. The van der Waals surface area contributed by atoms with Crippen LogP contribution in [0.3, 0.4) is 0 Å². The zero-order chi connectivity index (χ0) is 24.5. The molecule has 0 radical (unpaired) electrons. The number of amides is 2. The molecule has 1 fully saturated rings. The second kappa shape index (κ2) is 9.90. The van der Waals surface area contributed by atoms with E-state index in [0.717, 1.165) is 33.9 Å². The third kappa shape index (κ3) is 4.87. The topological polar surface area (TPSA) is 49.4 Å². The van der Waals surface area contributed by atoms with Crippen molar-refractivity contribution in [2.75, 3.05) is 4.90 Å². The highest BCUT2D eigenvalue weighted by Crippen LogP contribution is 2.42. The molecule has 0 spiro atoms. The Morgan fingerprint density at radius 3 is 2.57 bits per heavy atom. The number of hydrogen-bond donors (Lipinski definition) is 1. The van der Waals surface area contributed by atoms with Gasteiger partial charge in [-0.25, -0.2) is 0 Å². The zero-order valence-corrected chi connectivity index (χ0v) is 21.4. The Hall–Kier alpha value is -3.05. The molecule has 35 heavy (non-hydrogen) atoms. The highest BCUT2D eigenvalue weighted by molar-refractivity contribution is 7.99. The summed E-state index contributed by atoms with van der Waals surface area (Å²) in [7, 11) is 0. The maximum Gasteiger partial charge on any atom is 0.259 e. The first-order chi connectivity index (χ1) is 16.9. The fourth-order valence-corrected chi connectivity index (χ4v) is 6.19. The number of nitrogens with one attached hydrogen (secondary N) is 1. The minimum absolute atomic E-state index is 0.0419. The third-order valence-corrected chi connectivity index (χ3v) is 8.72. The van der Waals surface area contributed by atoms with Crippen LogP contribution in [-0.2, 0) is 6.54 Å². The van der Waals surface area contributed by atoms with Crippen molar-refractivity contribution in [1.29, 1.82) is 0 Å². The van der Waals surface area contributed by atoms with Gasteiger partial charge in [0.15, 0.2) is 0 Å². The molecule has 1 N–H and O–H groups in total. The van der Waals surface area contributed by atoms with Gasteiger partial charge in [-0.3, -0.25) is 9.59 Å². The fraction of sp³-hybridized carbons (Fsp3) is 0.333. The Morgan fingerprint density at radius 2 is 1.77 bits per heavy atom. The molecular formula is C30H32N2O2S. The molecule has 0 bridgehead atoms. The Bertz CT molecular complexity index is 1250. The average molecular weight is 485 g/mol. The summed E-state index contributed by atoms with van der Waals surface area (Å²) in [6.07, 6.45) is 3.39. The van der Waals surface area contributed by atoms with E-state index in [-0.39, 0.29) is 17.9 Å². The summed E-state index contributed by atoms with van der Waals surface area (Å²) in [6.45, 7) is 7.02. The molecule has 2 amide bonds. The van der Waals surface area contributed by atoms with Gasteiger partial charge in [0, 0.05) is 21.4 Å². The molecule has 5 rings (SSSR count). The number of benzene rings is 3. The summed E-state index contributed by atoms with van der Waals surface area (Å²) in [5, 5.41) is 3.29. The lowest BCUT2D eigenvalue weighted by Crippen LogP contribution is -2.43. The maximum atomic E-state index is 13.8. The van der Waals surface area contributed by atoms with E-state index in [0.29, 0.717) is 29.5 Å². The van der Waals surface area contributed by atoms with Gasteiger partial charge in [0.25, 0.3) is 11.8 Å². The number of carbonyl (C=O) groups excluding carboxylic acids is 2. The van der Waals surface area contributed by atoms with Crippen LogP contribution in [0.2, 0.25) is 0 Å². The predicted molar refractivity (Wildman–Crippen MR) is 142 cm³/mol. The Labute approximate surface area is 212 Å². The van der Waals surface area contributed by atoms with Crippen LogP contribution in [-0.4, -0.2) is 17.9 Å². The van der Waals surface area contributed by atoms with Gasteiger partial charge in [-0.05, 0) is 61.1 Å². The predicted octanol–water partition coefficient (Wildman–Crippen LogP) is 6.86. The highest BCUT2D eigenvalue weighted by Gasteiger charge is 2.30. The lowest BCUT2D eigenvalue weighted by Gasteiger charge is -2.34. The van der Waals surface area contributed by atoms with Crippen LogP contribution >= 0.6 is 11.8 Å². The van der Waals surface area contributed by atoms with Crippen molar-refractivity contribution in [3.05, 3.63) is 89.0 Å². The quantitative estimate of drug-likeness (QED) is 0.440. The molecule has 2 aliphatic rings. The van der Waals surface area contributed by atoms with E-state index in [1.807, 2.05) is 47.4 Å². The van der Waals surface area contributed by atoms with Crippen molar-refractivity contribution >= 4 is 29.3 Å². The monoisotopic (exact) mass is 484 g/mol. The van der Waals surface area contributed by atoms with E-state index in [1.165, 1.54) is 12.0 Å². The molecule has 1 saturated carbocycles. The van der Waals surface area contributed by atoms with E-state index in [1.54, 1.807) is 11.8 Å². The van der Waals surface area contributed by atoms with Crippen molar-refractivity contribution in [3.63, 3.8) is 0 Å². The van der Waals surface area contributed by atoms with Crippen molar-refractivity contribution in [2.45, 2.75) is 62.4 Å². The molecule has 180 valence electrons. The lowest BCUT2D eigenvalue weighted by molar-refractivity contribution is 0.0889. The standard InChI is InChI=1S/C30H32N2O2S/c1-19-11-13-22(14-12-19)18-32-26-17-23(29(33)31-25-9-6-7-20(2)21(25)3)15-16-28(26)35-27-10-5-4-8-24(27)30(32)34/h4-5,8,10-17,20-21,25H,6-7,9,18H2,1-3H3,(H,31,33).